The summed E-state index contributed by atoms with van der Waals surface area (Å²) >= 11 is 0.765. The number of primary amides is 2. The lowest BCUT2D eigenvalue weighted by molar-refractivity contribution is -0.149. The smallest absolute Gasteiger partial charge is 0.303 e. The fourth-order valence-electron chi connectivity index (χ4n) is 17.3. The molecule has 744 valence electrons. The maximum atomic E-state index is 15.9. The molecule has 138 heavy (non-hydrogen) atoms. The number of aromatic nitrogens is 8. The first-order chi connectivity index (χ1) is 66.0. The summed E-state index contributed by atoms with van der Waals surface area (Å²) in [7, 11) is 3.94. The van der Waals surface area contributed by atoms with Gasteiger partial charge in [-0.25, -0.2) is 4.98 Å². The number of carboxylic acids is 1. The summed E-state index contributed by atoms with van der Waals surface area (Å²) in [6, 6.07) is -0.455. The number of imidazole rings is 1. The Kier molecular flexibility index (Phi) is 38.7. The van der Waals surface area contributed by atoms with Crippen LogP contribution < -0.4 is 70.8 Å². The van der Waals surface area contributed by atoms with Crippen molar-refractivity contribution < 1.29 is 96.5 Å². The third-order valence-corrected chi connectivity index (χ3v) is 26.1. The number of thioether (sulfide) groups is 1. The number of hydrogen-bond acceptors (Lipinski definition) is 26. The summed E-state index contributed by atoms with van der Waals surface area (Å²) < 4.78 is 0. The number of phenols is 1. The van der Waals surface area contributed by atoms with Crippen LogP contribution in [0, 0.1) is 5.92 Å². The molecule has 0 bridgehead atoms. The molecule has 16 amide bonds. The highest BCUT2D eigenvalue weighted by Gasteiger charge is 2.48. The zero-order chi connectivity index (χ0) is 100. The van der Waals surface area contributed by atoms with Crippen LogP contribution in [0.4, 0.5) is 0 Å². The lowest BCUT2D eigenvalue weighted by Crippen LogP contribution is -2.60. The number of aromatic hydroxyl groups is 1. The minimum Gasteiger partial charge on any atom is -0.508 e. The monoisotopic (exact) mass is 1930 g/mol. The molecule has 4 aromatic heterocycles. The fourth-order valence-corrected chi connectivity index (χ4v) is 18.2. The first kappa shape index (κ1) is 106. The predicted octanol–water partition coefficient (Wildman–Crippen LogP) is -2.64. The standard InChI is InChI=1S/C91H124N26O20S/c1-7-9-20-69-85(131)103-62(30-32-93)83(129)108-68(81(127)99-44-75(95)121)46-138-47-76(122)101-65(34-50-23-25-56(118)26-24-50)87(133)113(4)49(3)79(125)106-67(40-74(94)120)90(136)116-33-15-22-70(116)86(132)105-64(39-55-43-96-48-100-55)84(130)104-63(27-28-77(123)124)89(135)117-45-54(78-109-111-112-110-78)37-72(117)73(119)38-51(35-52-41-97-59-18-13-11-16-57(52)59)80(126)102-61(29-31-92)82(128)107-66(36-53-42-98-60-19-14-12-17-58(53)60)88(134)115(6)71(21-10-8-2)91(137)114(69)5/h11-14,16-19,23-26,41-43,48-49,51,54,61-72,97-98,118H,7-10,15,20-22,27-40,44-47,92-93H2,1-6H3,(H2,94,120)(H2,95,121)(H,96,100)(H,99,127)(H,101,122)(H,102,126)(H,103,131)(H,104,130)(H,105,132)(H,106,125)(H,107,128)(H,108,129)(H,123,124)(H,109,110,111,112)/t49-,51+,54+,61-,62-,63-,64-,65-,66-,67-,68-,69-,70-,71-,72-/m0/s1. The van der Waals surface area contributed by atoms with Gasteiger partial charge >= 0.3 is 5.97 Å². The van der Waals surface area contributed by atoms with Crippen molar-refractivity contribution in [2.45, 2.75) is 227 Å². The third kappa shape index (κ3) is 28.5. The van der Waals surface area contributed by atoms with Crippen molar-refractivity contribution in [1.82, 2.24) is 113 Å². The number of carboxylic acid groups (broad SMARTS) is 1. The Balaban J connectivity index is 1.04. The molecule has 0 saturated carbocycles. The van der Waals surface area contributed by atoms with Crippen molar-refractivity contribution in [3.8, 4) is 5.75 Å². The van der Waals surface area contributed by atoms with Gasteiger partial charge in [-0.2, -0.15) is 5.21 Å². The minimum absolute atomic E-state index is 0.00338. The van der Waals surface area contributed by atoms with Gasteiger partial charge in [0.2, 0.25) is 94.5 Å². The van der Waals surface area contributed by atoms with Crippen LogP contribution >= 0.6 is 11.8 Å². The molecule has 3 aliphatic rings. The molecule has 3 aliphatic heterocycles. The number of tetrazole rings is 1. The van der Waals surface area contributed by atoms with Gasteiger partial charge in [-0.05, 0) is 119 Å². The Morgan fingerprint density at radius 2 is 1.13 bits per heavy atom. The maximum absolute atomic E-state index is 15.9. The topological polar surface area (TPSA) is 691 Å². The zero-order valence-corrected chi connectivity index (χ0v) is 78.6. The first-order valence-corrected chi connectivity index (χ1v) is 47.2. The largest absolute Gasteiger partial charge is 0.508 e. The highest BCUT2D eigenvalue weighted by atomic mass is 32.2. The lowest BCUT2D eigenvalue weighted by atomic mass is 9.89. The Bertz CT molecular complexity index is 5480. The number of H-pyrrole nitrogens is 4. The second-order valence-electron chi connectivity index (χ2n) is 34.9. The van der Waals surface area contributed by atoms with Crippen molar-refractivity contribution in [2.75, 3.05) is 65.4 Å². The molecule has 3 saturated heterocycles. The van der Waals surface area contributed by atoms with E-state index in [2.05, 4.69) is 88.4 Å². The van der Waals surface area contributed by atoms with E-state index in [0.29, 0.717) is 64.2 Å². The number of nitrogens with one attached hydrogen (secondary N) is 13. The first-order valence-electron chi connectivity index (χ1n) is 46.0. The third-order valence-electron chi connectivity index (χ3n) is 25.0. The van der Waals surface area contributed by atoms with Gasteiger partial charge in [-0.1, -0.05) is 93.3 Å². The highest BCUT2D eigenvalue weighted by molar-refractivity contribution is 8.00. The number of benzene rings is 3. The number of para-hydroxylation sites is 2. The SMILES string of the molecule is CCCC[C@H]1C(=O)N(C)[C@@H](CCCC)C(=O)N[C@@H](CCN)C(=O)N[C@H](C(=O)NCC(N)=O)CSCC(=O)N[C@@H](Cc2ccc(O)cc2)C(=O)N(C)[C@@H](C)C(=O)N[C@@H](CC(N)=O)C(=O)N2CCC[C@H]2C(=O)N[C@@H](Cc2c[nH]cn2)C(=O)N[C@@H](CCC(=O)O)C(=O)N2C[C@H](c3nn[nH]n3)C[C@H]2C(=O)C[C@@H](Cc2c[nH]c3ccccc23)C(=O)N[C@@H](CCN)C(=O)N[C@@H](Cc2c[nH]c3ccccc23)C(=O)N1C. The Hall–Kier alpha value is -14.3. The second-order valence-corrected chi connectivity index (χ2v) is 35.9. The Morgan fingerprint density at radius 3 is 1.74 bits per heavy atom. The van der Waals surface area contributed by atoms with Crippen LogP contribution in [0.1, 0.15) is 151 Å². The summed E-state index contributed by atoms with van der Waals surface area (Å²) in [5.41, 5.74) is 26.5. The Morgan fingerprint density at radius 1 is 0.558 bits per heavy atom. The predicted molar refractivity (Wildman–Crippen MR) is 500 cm³/mol. The normalized spacial score (nSPS) is 24.5. The minimum atomic E-state index is -1.82. The fraction of sp³-hybridized carbons (Fsp3) is 0.516. The molecule has 7 heterocycles. The van der Waals surface area contributed by atoms with Crippen LogP contribution in [-0.2, 0) is 112 Å². The highest BCUT2D eigenvalue weighted by Crippen LogP contribution is 2.35. The van der Waals surface area contributed by atoms with Gasteiger partial charge in [-0.3, -0.25) is 86.3 Å². The number of phenolic OH excluding ortho intramolecular Hbond substituents is 1. The number of nitrogens with two attached hydrogens (primary N) is 4. The molecule has 0 radical (unpaired) electrons. The number of hydrogen-bond donors (Lipinski definition) is 19. The maximum Gasteiger partial charge on any atom is 0.303 e. The number of carbonyl (C=O) groups is 18. The average molecular weight is 1930 g/mol. The number of unbranched alkanes of at least 4 members (excludes halogenated alkanes) is 2. The molecule has 15 atom stereocenters. The van der Waals surface area contributed by atoms with Gasteiger partial charge in [-0.15, -0.1) is 22.0 Å². The number of nitrogens with zero attached hydrogens (tertiary/aromatic N) is 9. The van der Waals surface area contributed by atoms with E-state index in [1.807, 2.05) is 13.8 Å². The molecular formula is C91H124N26O20S. The molecule has 0 unspecified atom stereocenters. The van der Waals surface area contributed by atoms with Crippen LogP contribution in [0.3, 0.4) is 0 Å². The molecule has 3 fully saturated rings. The van der Waals surface area contributed by atoms with E-state index in [1.165, 1.54) is 74.7 Å². The van der Waals surface area contributed by atoms with Gasteiger partial charge in [0.05, 0.1) is 36.8 Å². The quantitative estimate of drug-likeness (QED) is 0.0250. The number of carbonyl (C=O) groups excluding carboxylic acids is 17. The van der Waals surface area contributed by atoms with Crippen molar-refractivity contribution >= 4 is 140 Å². The molecule has 7 aromatic rings. The summed E-state index contributed by atoms with van der Waals surface area (Å²) in [4.78, 5) is 284. The van der Waals surface area contributed by atoms with E-state index in [9.17, 15) is 58.2 Å². The van der Waals surface area contributed by atoms with E-state index in [-0.39, 0.29) is 108 Å². The molecule has 46 nitrogen and oxygen atoms in total. The number of rotatable bonds is 27. The number of ketones is 1. The summed E-state index contributed by atoms with van der Waals surface area (Å²) in [6.45, 7) is 3.26. The molecular weight excluding hydrogens is 1810 g/mol. The number of amides is 16. The number of Topliss-reactive ketones (excluding diaryl/α,β-unsaturated/α-hetero) is 1. The van der Waals surface area contributed by atoms with Crippen molar-refractivity contribution in [2.24, 2.45) is 28.9 Å². The van der Waals surface area contributed by atoms with Crippen LogP contribution in [0.5, 0.6) is 5.75 Å². The van der Waals surface area contributed by atoms with Gasteiger partial charge in [0.15, 0.2) is 11.6 Å². The van der Waals surface area contributed by atoms with E-state index in [0.717, 1.165) is 26.5 Å². The number of likely N-dealkylation sites (N-methyl/N-ethyl adjacent to an activating group) is 3. The zero-order valence-electron chi connectivity index (χ0n) is 77.8. The number of aliphatic carboxylic acids is 1. The molecule has 23 N–H and O–H groups in total. The van der Waals surface area contributed by atoms with Gasteiger partial charge in [0.25, 0.3) is 0 Å². The van der Waals surface area contributed by atoms with E-state index in [1.54, 1.807) is 60.9 Å². The van der Waals surface area contributed by atoms with E-state index < -0.39 is 247 Å². The van der Waals surface area contributed by atoms with Gasteiger partial charge < -0.3 is 120 Å². The summed E-state index contributed by atoms with van der Waals surface area (Å²) in [6.07, 6.45) is 3.00. The van der Waals surface area contributed by atoms with E-state index >= 15 is 38.4 Å². The van der Waals surface area contributed by atoms with Gasteiger partial charge in [0, 0.05) is 124 Å². The van der Waals surface area contributed by atoms with Crippen molar-refractivity contribution in [3.63, 3.8) is 0 Å². The molecule has 0 spiro atoms. The van der Waals surface area contributed by atoms with Crippen molar-refractivity contribution in [3.05, 3.63) is 126 Å². The van der Waals surface area contributed by atoms with Crippen LogP contribution in [0.15, 0.2) is 97.7 Å². The van der Waals surface area contributed by atoms with E-state index in [4.69, 9.17) is 22.9 Å². The molecule has 47 heteroatoms. The van der Waals surface area contributed by atoms with Gasteiger partial charge in [0.1, 0.15) is 78.3 Å². The van der Waals surface area contributed by atoms with Crippen molar-refractivity contribution in [1.29, 1.82) is 0 Å². The molecule has 10 rings (SSSR count). The average Bonchev–Trinajstić information content (AvgIpc) is 1.63. The molecule has 3 aromatic carbocycles. The lowest BCUT2D eigenvalue weighted by Gasteiger charge is -2.36. The number of fused-ring (bicyclic) bond motifs is 4. The summed E-state index contributed by atoms with van der Waals surface area (Å²) in [5.74, 6) is -20.6. The molecule has 0 aliphatic carbocycles. The van der Waals surface area contributed by atoms with Crippen LogP contribution in [0.2, 0.25) is 0 Å². The second kappa shape index (κ2) is 50.5. The van der Waals surface area contributed by atoms with Crippen LogP contribution in [0.25, 0.3) is 21.8 Å². The summed E-state index contributed by atoms with van der Waals surface area (Å²) in [5, 5.41) is 60.0. The Labute approximate surface area is 798 Å². The van der Waals surface area contributed by atoms with Crippen LogP contribution in [-0.4, -0.2) is 325 Å². The number of aromatic amines is 4.